The summed E-state index contributed by atoms with van der Waals surface area (Å²) in [7, 11) is 0. The fourth-order valence-electron chi connectivity index (χ4n) is 1.95. The van der Waals surface area contributed by atoms with Crippen LogP contribution in [0.3, 0.4) is 0 Å². The number of amides is 1. The Labute approximate surface area is 113 Å². The second-order valence-corrected chi connectivity index (χ2v) is 5.24. The number of fused-ring (bicyclic) bond motifs is 1. The van der Waals surface area contributed by atoms with Crippen molar-refractivity contribution < 1.29 is 9.21 Å². The summed E-state index contributed by atoms with van der Waals surface area (Å²) < 4.78 is 5.41. The minimum Gasteiger partial charge on any atom is -0.441 e. The van der Waals surface area contributed by atoms with E-state index < -0.39 is 0 Å². The highest BCUT2D eigenvalue weighted by Gasteiger charge is 2.07. The van der Waals surface area contributed by atoms with Crippen LogP contribution < -0.4 is 5.32 Å². The lowest BCUT2D eigenvalue weighted by Crippen LogP contribution is -2.26. The summed E-state index contributed by atoms with van der Waals surface area (Å²) in [6.45, 7) is 6.85. The molecule has 0 saturated heterocycles. The Bertz CT molecular complexity index is 573. The monoisotopic (exact) mass is 260 g/mol. The van der Waals surface area contributed by atoms with E-state index in [0.717, 1.165) is 29.6 Å². The van der Waals surface area contributed by atoms with E-state index >= 15 is 0 Å². The molecular formula is C15H20N2O2. The molecule has 0 aliphatic carbocycles. The summed E-state index contributed by atoms with van der Waals surface area (Å²) in [6, 6.07) is 5.69. The molecule has 2 aromatic rings. The predicted molar refractivity (Wildman–Crippen MR) is 74.9 cm³/mol. The molecule has 2 rings (SSSR count). The van der Waals surface area contributed by atoms with E-state index in [9.17, 15) is 4.79 Å². The Morgan fingerprint density at radius 3 is 2.95 bits per heavy atom. The van der Waals surface area contributed by atoms with Crippen LogP contribution in [0.15, 0.2) is 22.6 Å². The Balaban J connectivity index is 1.95. The first kappa shape index (κ1) is 13.6. The van der Waals surface area contributed by atoms with E-state index in [0.29, 0.717) is 18.2 Å². The summed E-state index contributed by atoms with van der Waals surface area (Å²) in [6.07, 6.45) is 1.40. The van der Waals surface area contributed by atoms with E-state index in [2.05, 4.69) is 24.1 Å². The van der Waals surface area contributed by atoms with Crippen molar-refractivity contribution in [1.82, 2.24) is 10.3 Å². The molecule has 1 aromatic carbocycles. The first-order valence-corrected chi connectivity index (χ1v) is 6.67. The van der Waals surface area contributed by atoms with Gasteiger partial charge in [0.1, 0.15) is 5.52 Å². The molecule has 0 atom stereocenters. The number of aromatic nitrogens is 1. The Morgan fingerprint density at radius 2 is 2.21 bits per heavy atom. The SMILES string of the molecule is Cc1nc2cc(CC(=O)NCCC(C)C)ccc2o1. The molecule has 0 radical (unpaired) electrons. The number of aryl methyl sites for hydroxylation is 1. The third-order valence-corrected chi connectivity index (χ3v) is 2.97. The van der Waals surface area contributed by atoms with Crippen LogP contribution in [0.5, 0.6) is 0 Å². The second kappa shape index (κ2) is 5.87. The van der Waals surface area contributed by atoms with Gasteiger partial charge in [-0.15, -0.1) is 0 Å². The van der Waals surface area contributed by atoms with Crippen molar-refractivity contribution in [2.75, 3.05) is 6.54 Å². The van der Waals surface area contributed by atoms with Gasteiger partial charge in [0.2, 0.25) is 5.91 Å². The number of carbonyl (C=O) groups excluding carboxylic acids is 1. The fraction of sp³-hybridized carbons (Fsp3) is 0.467. The maximum absolute atomic E-state index is 11.8. The van der Waals surface area contributed by atoms with Crippen LogP contribution in [0.1, 0.15) is 31.7 Å². The van der Waals surface area contributed by atoms with E-state index in [1.165, 1.54) is 0 Å². The number of nitrogens with one attached hydrogen (secondary N) is 1. The minimum absolute atomic E-state index is 0.0558. The standard InChI is InChI=1S/C15H20N2O2/c1-10(2)6-7-16-15(18)9-12-4-5-14-13(8-12)17-11(3)19-14/h4-5,8,10H,6-7,9H2,1-3H3,(H,16,18). The summed E-state index contributed by atoms with van der Waals surface area (Å²) in [5.74, 6) is 1.31. The van der Waals surface area contributed by atoms with Crippen LogP contribution in [0.4, 0.5) is 0 Å². The molecule has 0 aliphatic heterocycles. The molecule has 4 nitrogen and oxygen atoms in total. The number of oxazole rings is 1. The largest absolute Gasteiger partial charge is 0.441 e. The Hall–Kier alpha value is -1.84. The van der Waals surface area contributed by atoms with Gasteiger partial charge >= 0.3 is 0 Å². The van der Waals surface area contributed by atoms with Gasteiger partial charge < -0.3 is 9.73 Å². The molecule has 19 heavy (non-hydrogen) atoms. The van der Waals surface area contributed by atoms with Crippen LogP contribution in [-0.2, 0) is 11.2 Å². The zero-order valence-electron chi connectivity index (χ0n) is 11.7. The highest BCUT2D eigenvalue weighted by atomic mass is 16.3. The van der Waals surface area contributed by atoms with E-state index in [1.807, 2.05) is 25.1 Å². The molecule has 1 aromatic heterocycles. The molecule has 0 aliphatic rings. The number of rotatable bonds is 5. The zero-order valence-corrected chi connectivity index (χ0v) is 11.7. The van der Waals surface area contributed by atoms with Gasteiger partial charge in [0.25, 0.3) is 0 Å². The van der Waals surface area contributed by atoms with E-state index in [-0.39, 0.29) is 5.91 Å². The van der Waals surface area contributed by atoms with Gasteiger partial charge in [-0.2, -0.15) is 0 Å². The summed E-state index contributed by atoms with van der Waals surface area (Å²) in [5.41, 5.74) is 2.54. The highest BCUT2D eigenvalue weighted by molar-refractivity contribution is 5.81. The second-order valence-electron chi connectivity index (χ2n) is 5.24. The maximum atomic E-state index is 11.8. The number of hydrogen-bond donors (Lipinski definition) is 1. The van der Waals surface area contributed by atoms with Crippen molar-refractivity contribution in [3.63, 3.8) is 0 Å². The highest BCUT2D eigenvalue weighted by Crippen LogP contribution is 2.17. The van der Waals surface area contributed by atoms with Crippen LogP contribution in [-0.4, -0.2) is 17.4 Å². The molecule has 0 saturated carbocycles. The smallest absolute Gasteiger partial charge is 0.224 e. The van der Waals surface area contributed by atoms with Gasteiger partial charge in [0.15, 0.2) is 11.5 Å². The number of nitrogens with zero attached hydrogens (tertiary/aromatic N) is 1. The average molecular weight is 260 g/mol. The fourth-order valence-corrected chi connectivity index (χ4v) is 1.95. The molecule has 1 N–H and O–H groups in total. The predicted octanol–water partition coefficient (Wildman–Crippen LogP) is 2.84. The van der Waals surface area contributed by atoms with Gasteiger partial charge in [-0.3, -0.25) is 4.79 Å². The van der Waals surface area contributed by atoms with Crippen molar-refractivity contribution in [2.45, 2.75) is 33.6 Å². The first-order valence-electron chi connectivity index (χ1n) is 6.67. The van der Waals surface area contributed by atoms with Gasteiger partial charge in [0.05, 0.1) is 6.42 Å². The van der Waals surface area contributed by atoms with Crippen LogP contribution in [0.2, 0.25) is 0 Å². The molecule has 0 unspecified atom stereocenters. The molecule has 0 fully saturated rings. The number of carbonyl (C=O) groups is 1. The summed E-state index contributed by atoms with van der Waals surface area (Å²) in [5, 5.41) is 2.93. The van der Waals surface area contributed by atoms with Crippen LogP contribution in [0.25, 0.3) is 11.1 Å². The molecule has 1 amide bonds. The average Bonchev–Trinajstić information content (AvgIpc) is 2.67. The normalized spacial score (nSPS) is 11.2. The molecule has 1 heterocycles. The topological polar surface area (TPSA) is 55.1 Å². The zero-order chi connectivity index (χ0) is 13.8. The van der Waals surface area contributed by atoms with Crippen LogP contribution in [0, 0.1) is 12.8 Å². The summed E-state index contributed by atoms with van der Waals surface area (Å²) >= 11 is 0. The van der Waals surface area contributed by atoms with Crippen molar-refractivity contribution in [2.24, 2.45) is 5.92 Å². The molecular weight excluding hydrogens is 240 g/mol. The maximum Gasteiger partial charge on any atom is 0.224 e. The third-order valence-electron chi connectivity index (χ3n) is 2.97. The van der Waals surface area contributed by atoms with Gasteiger partial charge in [0, 0.05) is 13.5 Å². The van der Waals surface area contributed by atoms with Crippen LogP contribution >= 0.6 is 0 Å². The lowest BCUT2D eigenvalue weighted by atomic mass is 10.1. The quantitative estimate of drug-likeness (QED) is 0.899. The van der Waals surface area contributed by atoms with Gasteiger partial charge in [-0.25, -0.2) is 4.98 Å². The van der Waals surface area contributed by atoms with Crippen molar-refractivity contribution in [3.8, 4) is 0 Å². The molecule has 0 spiro atoms. The van der Waals surface area contributed by atoms with E-state index in [1.54, 1.807) is 0 Å². The molecule has 0 bridgehead atoms. The van der Waals surface area contributed by atoms with Gasteiger partial charge in [-0.05, 0) is 30.0 Å². The van der Waals surface area contributed by atoms with E-state index in [4.69, 9.17) is 4.42 Å². The Kier molecular flexibility index (Phi) is 4.20. The lowest BCUT2D eigenvalue weighted by molar-refractivity contribution is -0.120. The lowest BCUT2D eigenvalue weighted by Gasteiger charge is -2.07. The van der Waals surface area contributed by atoms with Crippen molar-refractivity contribution in [3.05, 3.63) is 29.7 Å². The summed E-state index contributed by atoms with van der Waals surface area (Å²) in [4.78, 5) is 16.0. The van der Waals surface area contributed by atoms with Crippen molar-refractivity contribution >= 4 is 17.0 Å². The molecule has 4 heteroatoms. The van der Waals surface area contributed by atoms with Crippen molar-refractivity contribution in [1.29, 1.82) is 0 Å². The molecule has 102 valence electrons. The Morgan fingerprint density at radius 1 is 1.42 bits per heavy atom. The van der Waals surface area contributed by atoms with Gasteiger partial charge in [-0.1, -0.05) is 19.9 Å². The third kappa shape index (κ3) is 3.81. The number of hydrogen-bond acceptors (Lipinski definition) is 3. The number of benzene rings is 1. The minimum atomic E-state index is 0.0558. The first-order chi connectivity index (χ1) is 9.04.